The maximum Gasteiger partial charge on any atom is 0.426 e. The predicted octanol–water partition coefficient (Wildman–Crippen LogP) is 7.82. The Labute approximate surface area is 169 Å². The van der Waals surface area contributed by atoms with Crippen LogP contribution in [0.4, 0.5) is 17.6 Å². The first-order valence-electron chi connectivity index (χ1n) is 10.2. The molecule has 0 heterocycles. The van der Waals surface area contributed by atoms with Gasteiger partial charge < -0.3 is 4.74 Å². The SMILES string of the molecule is CCCc1ccc(C(F)(F)Oc2ccc(C3CCC(C=C(F)F)CC3)cc2)cc1. The summed E-state index contributed by atoms with van der Waals surface area (Å²) in [5.41, 5.74) is 1.89. The van der Waals surface area contributed by atoms with Gasteiger partial charge >= 0.3 is 6.11 Å². The molecule has 0 spiro atoms. The molecule has 1 fully saturated rings. The third-order valence-corrected chi connectivity index (χ3v) is 5.56. The monoisotopic (exact) mass is 406 g/mol. The number of alkyl halides is 2. The Morgan fingerprint density at radius 2 is 1.59 bits per heavy atom. The second kappa shape index (κ2) is 9.47. The van der Waals surface area contributed by atoms with Gasteiger partial charge in [-0.1, -0.05) is 37.6 Å². The molecule has 29 heavy (non-hydrogen) atoms. The van der Waals surface area contributed by atoms with Crippen molar-refractivity contribution in [1.82, 2.24) is 0 Å². The number of aryl methyl sites for hydroxylation is 1. The lowest BCUT2D eigenvalue weighted by molar-refractivity contribution is -0.185. The lowest BCUT2D eigenvalue weighted by Crippen LogP contribution is -2.21. The molecule has 0 unspecified atom stereocenters. The number of ether oxygens (including phenoxy) is 1. The van der Waals surface area contributed by atoms with Crippen molar-refractivity contribution >= 4 is 0 Å². The van der Waals surface area contributed by atoms with Gasteiger partial charge in [0.2, 0.25) is 0 Å². The van der Waals surface area contributed by atoms with Crippen molar-refractivity contribution in [1.29, 1.82) is 0 Å². The fourth-order valence-corrected chi connectivity index (χ4v) is 3.97. The van der Waals surface area contributed by atoms with E-state index in [9.17, 15) is 17.6 Å². The second-order valence-corrected chi connectivity index (χ2v) is 7.70. The molecular weight excluding hydrogens is 380 g/mol. The van der Waals surface area contributed by atoms with Gasteiger partial charge in [-0.15, -0.1) is 0 Å². The molecule has 0 aromatic heterocycles. The molecule has 0 saturated heterocycles. The van der Waals surface area contributed by atoms with Crippen molar-refractivity contribution in [2.75, 3.05) is 0 Å². The standard InChI is InChI=1S/C24H26F4O/c1-2-3-17-6-12-21(13-7-17)24(27,28)29-22-14-10-20(11-15-22)19-8-4-18(5-9-19)16-23(25)26/h6-7,10-16,18-19H,2-5,8-9H2,1H3. The van der Waals surface area contributed by atoms with Crippen LogP contribution in [0.2, 0.25) is 0 Å². The highest BCUT2D eigenvalue weighted by molar-refractivity contribution is 5.31. The summed E-state index contributed by atoms with van der Waals surface area (Å²) in [5, 5.41) is 0. The first kappa shape index (κ1) is 21.4. The third kappa shape index (κ3) is 5.84. The van der Waals surface area contributed by atoms with Crippen molar-refractivity contribution < 1.29 is 22.3 Å². The minimum Gasteiger partial charge on any atom is -0.429 e. The molecule has 1 aliphatic carbocycles. The molecule has 1 aliphatic rings. The summed E-state index contributed by atoms with van der Waals surface area (Å²) in [6.45, 7) is 2.04. The molecule has 0 aliphatic heterocycles. The van der Waals surface area contributed by atoms with Gasteiger partial charge in [-0.2, -0.15) is 17.6 Å². The zero-order valence-electron chi connectivity index (χ0n) is 16.5. The Kier molecular flexibility index (Phi) is 6.99. The van der Waals surface area contributed by atoms with Crippen molar-refractivity contribution in [2.45, 2.75) is 57.5 Å². The third-order valence-electron chi connectivity index (χ3n) is 5.56. The summed E-state index contributed by atoms with van der Waals surface area (Å²) in [7, 11) is 0. The number of benzene rings is 2. The smallest absolute Gasteiger partial charge is 0.426 e. The number of allylic oxidation sites excluding steroid dienone is 1. The van der Waals surface area contributed by atoms with E-state index in [0.29, 0.717) is 12.8 Å². The molecule has 0 amide bonds. The summed E-state index contributed by atoms with van der Waals surface area (Å²) >= 11 is 0. The Bertz CT molecular complexity index is 800. The van der Waals surface area contributed by atoms with Crippen LogP contribution in [0.1, 0.15) is 61.6 Å². The van der Waals surface area contributed by atoms with Crippen LogP contribution in [0.3, 0.4) is 0 Å². The molecule has 2 aromatic rings. The van der Waals surface area contributed by atoms with E-state index in [4.69, 9.17) is 4.74 Å². The van der Waals surface area contributed by atoms with Crippen LogP contribution in [-0.2, 0) is 12.5 Å². The van der Waals surface area contributed by atoms with Gasteiger partial charge in [-0.3, -0.25) is 0 Å². The molecular formula is C24H26F4O. The minimum absolute atomic E-state index is 0.0683. The summed E-state index contributed by atoms with van der Waals surface area (Å²) in [5.74, 6) is 0.303. The zero-order valence-corrected chi connectivity index (χ0v) is 16.5. The molecule has 5 heteroatoms. The lowest BCUT2D eigenvalue weighted by atomic mass is 9.79. The van der Waals surface area contributed by atoms with Crippen LogP contribution in [0.25, 0.3) is 0 Å². The van der Waals surface area contributed by atoms with Crippen LogP contribution >= 0.6 is 0 Å². The van der Waals surface area contributed by atoms with Crippen LogP contribution in [0.15, 0.2) is 60.7 Å². The normalized spacial score (nSPS) is 19.6. The largest absolute Gasteiger partial charge is 0.429 e. The van der Waals surface area contributed by atoms with Gasteiger partial charge in [-0.05, 0) is 85.4 Å². The average molecular weight is 406 g/mol. The highest BCUT2D eigenvalue weighted by atomic mass is 19.3. The summed E-state index contributed by atoms with van der Waals surface area (Å²) < 4.78 is 58.7. The quantitative estimate of drug-likeness (QED) is 0.426. The average Bonchev–Trinajstić information content (AvgIpc) is 2.69. The molecule has 0 N–H and O–H groups in total. The van der Waals surface area contributed by atoms with Crippen LogP contribution < -0.4 is 4.74 Å². The number of rotatable bonds is 7. The maximum atomic E-state index is 14.5. The highest BCUT2D eigenvalue weighted by Crippen LogP contribution is 2.38. The Hall–Kier alpha value is -2.30. The van der Waals surface area contributed by atoms with E-state index in [0.717, 1.165) is 42.9 Å². The van der Waals surface area contributed by atoms with E-state index in [1.54, 1.807) is 36.4 Å². The Morgan fingerprint density at radius 1 is 0.966 bits per heavy atom. The summed E-state index contributed by atoms with van der Waals surface area (Å²) in [4.78, 5) is 0. The topological polar surface area (TPSA) is 9.23 Å². The molecule has 0 bridgehead atoms. The van der Waals surface area contributed by atoms with Crippen LogP contribution in [0.5, 0.6) is 5.75 Å². The van der Waals surface area contributed by atoms with E-state index in [1.165, 1.54) is 12.1 Å². The number of halogens is 4. The molecule has 2 aromatic carbocycles. The molecule has 156 valence electrons. The predicted molar refractivity (Wildman–Crippen MR) is 106 cm³/mol. The Balaban J connectivity index is 1.60. The molecule has 3 rings (SSSR count). The van der Waals surface area contributed by atoms with Crippen molar-refractivity contribution in [2.24, 2.45) is 5.92 Å². The zero-order chi connectivity index (χ0) is 20.9. The van der Waals surface area contributed by atoms with Crippen molar-refractivity contribution in [3.8, 4) is 5.75 Å². The summed E-state index contributed by atoms with van der Waals surface area (Å²) in [6.07, 6.45) is 0.897. The summed E-state index contributed by atoms with van der Waals surface area (Å²) in [6, 6.07) is 12.9. The first-order chi connectivity index (χ1) is 13.9. The highest BCUT2D eigenvalue weighted by Gasteiger charge is 2.34. The van der Waals surface area contributed by atoms with Gasteiger partial charge in [0.05, 0.1) is 5.56 Å². The number of hydrogen-bond donors (Lipinski definition) is 0. The van der Waals surface area contributed by atoms with Gasteiger partial charge in [0.25, 0.3) is 6.08 Å². The molecule has 0 atom stereocenters. The van der Waals surface area contributed by atoms with Gasteiger partial charge in [0, 0.05) is 0 Å². The van der Waals surface area contributed by atoms with Crippen molar-refractivity contribution in [3.63, 3.8) is 0 Å². The van der Waals surface area contributed by atoms with Gasteiger partial charge in [0.15, 0.2) is 0 Å². The lowest BCUT2D eigenvalue weighted by Gasteiger charge is -2.27. The molecule has 0 radical (unpaired) electrons. The minimum atomic E-state index is -3.41. The van der Waals surface area contributed by atoms with E-state index in [1.807, 2.05) is 6.92 Å². The first-order valence-corrected chi connectivity index (χ1v) is 10.2. The second-order valence-electron chi connectivity index (χ2n) is 7.70. The number of hydrogen-bond acceptors (Lipinski definition) is 1. The molecule has 1 nitrogen and oxygen atoms in total. The molecule has 1 saturated carbocycles. The van der Waals surface area contributed by atoms with E-state index < -0.39 is 12.2 Å². The van der Waals surface area contributed by atoms with E-state index >= 15 is 0 Å². The van der Waals surface area contributed by atoms with E-state index in [-0.39, 0.29) is 23.1 Å². The fraction of sp³-hybridized carbons (Fsp3) is 0.417. The van der Waals surface area contributed by atoms with Crippen LogP contribution in [-0.4, -0.2) is 0 Å². The maximum absolute atomic E-state index is 14.5. The van der Waals surface area contributed by atoms with E-state index in [2.05, 4.69) is 0 Å². The fourth-order valence-electron chi connectivity index (χ4n) is 3.97. The van der Waals surface area contributed by atoms with Crippen molar-refractivity contribution in [3.05, 3.63) is 77.4 Å². The Morgan fingerprint density at radius 3 is 2.14 bits per heavy atom. The van der Waals surface area contributed by atoms with Gasteiger partial charge in [0.1, 0.15) is 5.75 Å². The van der Waals surface area contributed by atoms with Crippen LogP contribution in [0, 0.1) is 5.92 Å². The van der Waals surface area contributed by atoms with Gasteiger partial charge in [-0.25, -0.2) is 0 Å².